The number of benzene rings is 1. The van der Waals surface area contributed by atoms with Crippen molar-refractivity contribution >= 4 is 24.5 Å². The SMILES string of the molecule is CO[B]N[C@@H](C)c1oc(-c2cccc3nc(C(F)(F)F)ccc23)nc1C(=O)O. The fraction of sp³-hybridized carbons (Fsp3) is 0.235. The number of pyridine rings is 1. The lowest BCUT2D eigenvalue weighted by Crippen LogP contribution is -2.25. The number of hydrogen-bond acceptors (Lipinski definition) is 6. The summed E-state index contributed by atoms with van der Waals surface area (Å²) in [5.74, 6) is -1.29. The number of oxazole rings is 1. The summed E-state index contributed by atoms with van der Waals surface area (Å²) in [6.45, 7) is 1.65. The number of aromatic carboxylic acids is 1. The molecule has 145 valence electrons. The molecule has 0 saturated carbocycles. The van der Waals surface area contributed by atoms with Crippen molar-refractivity contribution < 1.29 is 32.1 Å². The summed E-state index contributed by atoms with van der Waals surface area (Å²) in [6, 6.07) is 6.02. The number of hydrogen-bond donors (Lipinski definition) is 2. The van der Waals surface area contributed by atoms with Gasteiger partial charge < -0.3 is 19.4 Å². The van der Waals surface area contributed by atoms with Crippen LogP contribution in [-0.2, 0) is 10.8 Å². The third-order valence-electron chi connectivity index (χ3n) is 3.94. The fourth-order valence-corrected chi connectivity index (χ4v) is 2.64. The highest BCUT2D eigenvalue weighted by atomic mass is 19.4. The van der Waals surface area contributed by atoms with Gasteiger partial charge in [-0.3, -0.25) is 0 Å². The van der Waals surface area contributed by atoms with Crippen molar-refractivity contribution in [3.8, 4) is 11.5 Å². The maximum atomic E-state index is 12.9. The van der Waals surface area contributed by atoms with Crippen LogP contribution >= 0.6 is 0 Å². The smallest absolute Gasteiger partial charge is 0.433 e. The number of alkyl halides is 3. The maximum Gasteiger partial charge on any atom is 0.433 e. The highest BCUT2D eigenvalue weighted by Gasteiger charge is 2.33. The van der Waals surface area contributed by atoms with Gasteiger partial charge >= 0.3 is 19.8 Å². The number of carboxylic acid groups (broad SMARTS) is 1. The summed E-state index contributed by atoms with van der Waals surface area (Å²) in [5.41, 5.74) is -0.918. The number of nitrogens with zero attached hydrogens (tertiary/aromatic N) is 2. The molecule has 2 heterocycles. The van der Waals surface area contributed by atoms with Crippen molar-refractivity contribution in [2.45, 2.75) is 19.1 Å². The molecule has 3 aromatic rings. The average molecular weight is 392 g/mol. The molecule has 28 heavy (non-hydrogen) atoms. The zero-order valence-corrected chi connectivity index (χ0v) is 14.7. The van der Waals surface area contributed by atoms with E-state index in [1.54, 1.807) is 13.0 Å². The lowest BCUT2D eigenvalue weighted by molar-refractivity contribution is -0.140. The number of rotatable bonds is 6. The van der Waals surface area contributed by atoms with Gasteiger partial charge in [-0.1, -0.05) is 6.07 Å². The van der Waals surface area contributed by atoms with E-state index in [0.717, 1.165) is 6.07 Å². The van der Waals surface area contributed by atoms with Crippen molar-refractivity contribution in [1.82, 2.24) is 15.2 Å². The average Bonchev–Trinajstić information content (AvgIpc) is 3.10. The third kappa shape index (κ3) is 3.85. The predicted octanol–water partition coefficient (Wildman–Crippen LogP) is 3.44. The summed E-state index contributed by atoms with van der Waals surface area (Å²) >= 11 is 0. The summed E-state index contributed by atoms with van der Waals surface area (Å²) in [7, 11) is 2.68. The number of aromatic nitrogens is 2. The Morgan fingerprint density at radius 2 is 2.04 bits per heavy atom. The van der Waals surface area contributed by atoms with Crippen molar-refractivity contribution in [3.63, 3.8) is 0 Å². The monoisotopic (exact) mass is 392 g/mol. The minimum Gasteiger partial charge on any atom is -0.476 e. The first-order chi connectivity index (χ1) is 13.2. The van der Waals surface area contributed by atoms with Gasteiger partial charge in [-0.2, -0.15) is 13.2 Å². The van der Waals surface area contributed by atoms with Crippen LogP contribution in [-0.4, -0.2) is 35.8 Å². The molecule has 1 aromatic carbocycles. The first-order valence-corrected chi connectivity index (χ1v) is 8.04. The molecule has 1 atom stereocenters. The molecule has 0 fully saturated rings. The van der Waals surface area contributed by atoms with Crippen molar-refractivity contribution in [2.75, 3.05) is 7.11 Å². The molecule has 0 aliphatic heterocycles. The quantitative estimate of drug-likeness (QED) is 0.621. The Bertz CT molecular complexity index is 1020. The van der Waals surface area contributed by atoms with Crippen LogP contribution < -0.4 is 5.23 Å². The van der Waals surface area contributed by atoms with Gasteiger partial charge in [0.05, 0.1) is 11.6 Å². The molecular formula is C17H14BF3N3O4. The molecule has 1 radical (unpaired) electrons. The third-order valence-corrected chi connectivity index (χ3v) is 3.94. The van der Waals surface area contributed by atoms with Gasteiger partial charge in [0.25, 0.3) is 0 Å². The summed E-state index contributed by atoms with van der Waals surface area (Å²) in [4.78, 5) is 19.2. The van der Waals surface area contributed by atoms with Crippen molar-refractivity contribution in [2.24, 2.45) is 0 Å². The van der Waals surface area contributed by atoms with Gasteiger partial charge in [0.1, 0.15) is 5.69 Å². The molecule has 0 spiro atoms. The molecular weight excluding hydrogens is 378 g/mol. The van der Waals surface area contributed by atoms with Crippen molar-refractivity contribution in [3.05, 3.63) is 47.5 Å². The van der Waals surface area contributed by atoms with Gasteiger partial charge in [0, 0.05) is 18.1 Å². The van der Waals surface area contributed by atoms with Crippen LogP contribution in [0.5, 0.6) is 0 Å². The number of halogens is 3. The lowest BCUT2D eigenvalue weighted by Gasteiger charge is -2.09. The summed E-state index contributed by atoms with van der Waals surface area (Å²) in [6.07, 6.45) is -4.57. The van der Waals surface area contributed by atoms with Gasteiger partial charge in [-0.25, -0.2) is 14.8 Å². The second-order valence-corrected chi connectivity index (χ2v) is 5.85. The standard InChI is InChI=1S/C17H14BF3N3O4/c1-8(24-18-27-2)14-13(16(25)26)23-15(28-14)10-4-3-5-11-9(10)6-7-12(22-11)17(19,20)21/h3-8,24H,1-2H3,(H,25,26)/t8-/m0/s1. The Kier molecular flexibility index (Phi) is 5.39. The van der Waals surface area contributed by atoms with Gasteiger partial charge in [0.2, 0.25) is 5.89 Å². The Hall–Kier alpha value is -2.92. The molecule has 11 heteroatoms. The molecule has 0 unspecified atom stereocenters. The molecule has 0 bridgehead atoms. The Morgan fingerprint density at radius 1 is 1.29 bits per heavy atom. The lowest BCUT2D eigenvalue weighted by atomic mass is 10.1. The Balaban J connectivity index is 2.10. The highest BCUT2D eigenvalue weighted by Crippen LogP contribution is 2.34. The minimum absolute atomic E-state index is 0.0365. The van der Waals surface area contributed by atoms with E-state index in [2.05, 4.69) is 15.2 Å². The van der Waals surface area contributed by atoms with Crippen LogP contribution in [0.3, 0.4) is 0 Å². The molecule has 0 amide bonds. The molecule has 0 saturated heterocycles. The largest absolute Gasteiger partial charge is 0.476 e. The van der Waals surface area contributed by atoms with E-state index in [1.807, 2.05) is 0 Å². The van der Waals surface area contributed by atoms with Crippen LogP contribution in [0.15, 0.2) is 34.7 Å². The zero-order valence-electron chi connectivity index (χ0n) is 14.7. The van der Waals surface area contributed by atoms with E-state index in [1.165, 1.54) is 32.9 Å². The van der Waals surface area contributed by atoms with E-state index < -0.39 is 23.9 Å². The molecule has 0 aliphatic rings. The second-order valence-electron chi connectivity index (χ2n) is 5.85. The second kappa shape index (κ2) is 7.60. The van der Waals surface area contributed by atoms with Crippen LogP contribution in [0, 0.1) is 0 Å². The van der Waals surface area contributed by atoms with Gasteiger partial charge in [0.15, 0.2) is 11.5 Å². The maximum absolute atomic E-state index is 12.9. The van der Waals surface area contributed by atoms with E-state index in [0.29, 0.717) is 10.9 Å². The number of fused-ring (bicyclic) bond motifs is 1. The zero-order chi connectivity index (χ0) is 20.5. The molecule has 2 aromatic heterocycles. The van der Waals surface area contributed by atoms with E-state index in [-0.39, 0.29) is 22.9 Å². The van der Waals surface area contributed by atoms with Gasteiger partial charge in [-0.05, 0) is 31.2 Å². The summed E-state index contributed by atoms with van der Waals surface area (Å²) < 4.78 is 49.1. The van der Waals surface area contributed by atoms with Crippen molar-refractivity contribution in [1.29, 1.82) is 0 Å². The van der Waals surface area contributed by atoms with E-state index in [9.17, 15) is 23.1 Å². The number of carbonyl (C=O) groups is 1. The molecule has 7 nitrogen and oxygen atoms in total. The minimum atomic E-state index is -4.57. The van der Waals surface area contributed by atoms with E-state index >= 15 is 0 Å². The normalized spacial score (nSPS) is 12.9. The van der Waals surface area contributed by atoms with Crippen LogP contribution in [0.4, 0.5) is 13.2 Å². The Labute approximate surface area is 157 Å². The molecule has 2 N–H and O–H groups in total. The first-order valence-electron chi connectivity index (χ1n) is 8.04. The molecule has 0 aliphatic carbocycles. The van der Waals surface area contributed by atoms with E-state index in [4.69, 9.17) is 9.07 Å². The number of nitrogens with one attached hydrogen (secondary N) is 1. The first kappa shape index (κ1) is 19.8. The summed E-state index contributed by atoms with van der Waals surface area (Å²) in [5, 5.41) is 12.5. The van der Waals surface area contributed by atoms with Gasteiger partial charge in [-0.15, -0.1) is 0 Å². The Morgan fingerprint density at radius 3 is 2.68 bits per heavy atom. The number of carboxylic acids is 1. The fourth-order valence-electron chi connectivity index (χ4n) is 2.64. The highest BCUT2D eigenvalue weighted by molar-refractivity contribution is 6.23. The topological polar surface area (TPSA) is 97.5 Å². The van der Waals surface area contributed by atoms with Crippen LogP contribution in [0.2, 0.25) is 0 Å². The van der Waals surface area contributed by atoms with Crippen LogP contribution in [0.1, 0.15) is 34.9 Å². The predicted molar refractivity (Wildman–Crippen MR) is 93.5 cm³/mol. The molecule has 3 rings (SSSR count). The van der Waals surface area contributed by atoms with Crippen LogP contribution in [0.25, 0.3) is 22.4 Å².